The Balaban J connectivity index is 2.40. The summed E-state index contributed by atoms with van der Waals surface area (Å²) < 4.78 is 27.1. The van der Waals surface area contributed by atoms with Gasteiger partial charge in [0.25, 0.3) is 10.0 Å². The predicted octanol–water partition coefficient (Wildman–Crippen LogP) is 3.60. The van der Waals surface area contributed by atoms with Gasteiger partial charge < -0.3 is 5.11 Å². The third kappa shape index (κ3) is 3.55. The SMILES string of the molecule is O=C(O)c1cc(NS(=O)(=O)c2ccccc2Cl)ccc1Br. The molecule has 0 atom stereocenters. The van der Waals surface area contributed by atoms with Crippen molar-refractivity contribution < 1.29 is 18.3 Å². The van der Waals surface area contributed by atoms with Gasteiger partial charge in [0.15, 0.2) is 0 Å². The molecule has 0 unspecified atom stereocenters. The van der Waals surface area contributed by atoms with E-state index in [1.54, 1.807) is 12.1 Å². The maximum absolute atomic E-state index is 12.2. The third-order valence-electron chi connectivity index (χ3n) is 2.58. The monoisotopic (exact) mass is 389 g/mol. The van der Waals surface area contributed by atoms with E-state index in [2.05, 4.69) is 20.7 Å². The molecule has 0 amide bonds. The Kier molecular flexibility index (Phi) is 4.55. The molecule has 8 heteroatoms. The van der Waals surface area contributed by atoms with Gasteiger partial charge in [-0.1, -0.05) is 23.7 Å². The van der Waals surface area contributed by atoms with Crippen molar-refractivity contribution in [1.29, 1.82) is 0 Å². The number of halogens is 2. The molecule has 0 saturated heterocycles. The number of rotatable bonds is 4. The summed E-state index contributed by atoms with van der Waals surface area (Å²) in [6, 6.07) is 10.1. The first-order valence-electron chi connectivity index (χ1n) is 5.61. The Morgan fingerprint density at radius 1 is 1.19 bits per heavy atom. The van der Waals surface area contributed by atoms with Crippen molar-refractivity contribution in [2.24, 2.45) is 0 Å². The highest BCUT2D eigenvalue weighted by Gasteiger charge is 2.18. The van der Waals surface area contributed by atoms with Crippen LogP contribution in [-0.2, 0) is 10.0 Å². The molecule has 0 spiro atoms. The molecule has 0 radical (unpaired) electrons. The highest BCUT2D eigenvalue weighted by Crippen LogP contribution is 2.26. The van der Waals surface area contributed by atoms with E-state index in [9.17, 15) is 13.2 Å². The molecule has 110 valence electrons. The number of hydrogen-bond donors (Lipinski definition) is 2. The van der Waals surface area contributed by atoms with Crippen LogP contribution in [0.4, 0.5) is 5.69 Å². The lowest BCUT2D eigenvalue weighted by molar-refractivity contribution is 0.0696. The van der Waals surface area contributed by atoms with Crippen LogP contribution in [0.3, 0.4) is 0 Å². The maximum Gasteiger partial charge on any atom is 0.336 e. The Morgan fingerprint density at radius 3 is 2.48 bits per heavy atom. The van der Waals surface area contributed by atoms with E-state index in [0.717, 1.165) is 0 Å². The summed E-state index contributed by atoms with van der Waals surface area (Å²) in [5.41, 5.74) is 0.0879. The predicted molar refractivity (Wildman–Crippen MR) is 83.4 cm³/mol. The van der Waals surface area contributed by atoms with E-state index in [0.29, 0.717) is 4.47 Å². The molecule has 0 aliphatic rings. The number of hydrogen-bond acceptors (Lipinski definition) is 3. The molecule has 5 nitrogen and oxygen atoms in total. The van der Waals surface area contributed by atoms with Gasteiger partial charge in [0.05, 0.1) is 10.6 Å². The van der Waals surface area contributed by atoms with Gasteiger partial charge in [-0.3, -0.25) is 4.72 Å². The first-order chi connectivity index (χ1) is 9.81. The first-order valence-corrected chi connectivity index (χ1v) is 8.27. The lowest BCUT2D eigenvalue weighted by Crippen LogP contribution is -2.14. The molecule has 0 fully saturated rings. The van der Waals surface area contributed by atoms with Crippen LogP contribution in [0.5, 0.6) is 0 Å². The Hall–Kier alpha value is -1.57. The minimum atomic E-state index is -3.89. The molecule has 0 heterocycles. The zero-order chi connectivity index (χ0) is 15.6. The number of carbonyl (C=O) groups is 1. The van der Waals surface area contributed by atoms with Crippen LogP contribution in [0, 0.1) is 0 Å². The van der Waals surface area contributed by atoms with E-state index in [1.807, 2.05) is 0 Å². The van der Waals surface area contributed by atoms with Crippen molar-refractivity contribution in [3.63, 3.8) is 0 Å². The molecular formula is C13H9BrClNO4S. The molecule has 0 aromatic heterocycles. The Bertz CT molecular complexity index is 808. The molecule has 0 saturated carbocycles. The zero-order valence-electron chi connectivity index (χ0n) is 10.4. The van der Waals surface area contributed by atoms with E-state index < -0.39 is 16.0 Å². The normalized spacial score (nSPS) is 11.1. The smallest absolute Gasteiger partial charge is 0.336 e. The van der Waals surface area contributed by atoms with Crippen molar-refractivity contribution in [3.8, 4) is 0 Å². The highest BCUT2D eigenvalue weighted by atomic mass is 79.9. The van der Waals surface area contributed by atoms with Gasteiger partial charge in [0, 0.05) is 10.2 Å². The van der Waals surface area contributed by atoms with Crippen molar-refractivity contribution in [3.05, 3.63) is 57.5 Å². The van der Waals surface area contributed by atoms with Crippen LogP contribution < -0.4 is 4.72 Å². The van der Waals surface area contributed by atoms with Crippen LogP contribution in [0.15, 0.2) is 51.8 Å². The van der Waals surface area contributed by atoms with E-state index in [4.69, 9.17) is 16.7 Å². The van der Waals surface area contributed by atoms with Crippen molar-refractivity contribution in [2.75, 3.05) is 4.72 Å². The Morgan fingerprint density at radius 2 is 1.86 bits per heavy atom. The second kappa shape index (κ2) is 6.05. The number of sulfonamides is 1. The molecule has 2 N–H and O–H groups in total. The maximum atomic E-state index is 12.2. The van der Waals surface area contributed by atoms with Gasteiger partial charge in [-0.05, 0) is 46.3 Å². The highest BCUT2D eigenvalue weighted by molar-refractivity contribution is 9.10. The average Bonchev–Trinajstić information content (AvgIpc) is 2.40. The topological polar surface area (TPSA) is 83.5 Å². The van der Waals surface area contributed by atoms with E-state index in [-0.39, 0.29) is 21.2 Å². The molecule has 0 aliphatic carbocycles. The van der Waals surface area contributed by atoms with Crippen molar-refractivity contribution in [2.45, 2.75) is 4.90 Å². The molecule has 2 aromatic carbocycles. The van der Waals surface area contributed by atoms with E-state index >= 15 is 0 Å². The van der Waals surface area contributed by atoms with Crippen LogP contribution in [0.2, 0.25) is 5.02 Å². The number of carboxylic acid groups (broad SMARTS) is 1. The molecule has 21 heavy (non-hydrogen) atoms. The van der Waals surface area contributed by atoms with Gasteiger partial charge in [0.2, 0.25) is 0 Å². The molecule has 2 rings (SSSR count). The molecular weight excluding hydrogens is 382 g/mol. The van der Waals surface area contributed by atoms with Gasteiger partial charge in [0.1, 0.15) is 4.90 Å². The number of anilines is 1. The summed E-state index contributed by atoms with van der Waals surface area (Å²) in [6.45, 7) is 0. The lowest BCUT2D eigenvalue weighted by atomic mass is 10.2. The third-order valence-corrected chi connectivity index (χ3v) is 5.15. The summed E-state index contributed by atoms with van der Waals surface area (Å²) in [5.74, 6) is -1.17. The summed E-state index contributed by atoms with van der Waals surface area (Å²) in [7, 11) is -3.89. The minimum absolute atomic E-state index is 0.0469. The summed E-state index contributed by atoms with van der Waals surface area (Å²) >= 11 is 8.95. The summed E-state index contributed by atoms with van der Waals surface area (Å²) in [4.78, 5) is 11.0. The van der Waals surface area contributed by atoms with Gasteiger partial charge in [-0.2, -0.15) is 0 Å². The molecule has 2 aromatic rings. The second-order valence-corrected chi connectivity index (χ2v) is 6.95. The van der Waals surface area contributed by atoms with Gasteiger partial charge in [-0.25, -0.2) is 13.2 Å². The standard InChI is InChI=1S/C13H9BrClNO4S/c14-10-6-5-8(7-9(10)13(17)18)16-21(19,20)12-4-2-1-3-11(12)15/h1-7,16H,(H,17,18). The van der Waals surface area contributed by atoms with Crippen LogP contribution in [0.25, 0.3) is 0 Å². The zero-order valence-corrected chi connectivity index (χ0v) is 13.5. The molecule has 0 bridgehead atoms. The van der Waals surface area contributed by atoms with Crippen LogP contribution in [0.1, 0.15) is 10.4 Å². The Labute approximate surface area is 134 Å². The number of nitrogens with one attached hydrogen (secondary N) is 1. The first kappa shape index (κ1) is 15.8. The fourth-order valence-corrected chi connectivity index (χ4v) is 3.61. The van der Waals surface area contributed by atoms with Crippen LogP contribution >= 0.6 is 27.5 Å². The fraction of sp³-hybridized carbons (Fsp3) is 0. The van der Waals surface area contributed by atoms with Gasteiger partial charge >= 0.3 is 5.97 Å². The fourth-order valence-electron chi connectivity index (χ4n) is 1.63. The number of aromatic carboxylic acids is 1. The second-order valence-electron chi connectivity index (χ2n) is 4.04. The summed E-state index contributed by atoms with van der Waals surface area (Å²) in [6.07, 6.45) is 0. The van der Waals surface area contributed by atoms with Crippen LogP contribution in [-0.4, -0.2) is 19.5 Å². The summed E-state index contributed by atoms with van der Waals surface area (Å²) in [5, 5.41) is 9.11. The molecule has 0 aliphatic heterocycles. The van der Waals surface area contributed by atoms with Gasteiger partial charge in [-0.15, -0.1) is 0 Å². The van der Waals surface area contributed by atoms with E-state index in [1.165, 1.54) is 30.3 Å². The minimum Gasteiger partial charge on any atom is -0.478 e. The number of benzene rings is 2. The largest absolute Gasteiger partial charge is 0.478 e. The number of carboxylic acids is 1. The average molecular weight is 391 g/mol. The quantitative estimate of drug-likeness (QED) is 0.835. The van der Waals surface area contributed by atoms with Crippen molar-refractivity contribution in [1.82, 2.24) is 0 Å². The lowest BCUT2D eigenvalue weighted by Gasteiger charge is -2.10. The van der Waals surface area contributed by atoms with Crippen molar-refractivity contribution >= 4 is 49.2 Å².